The van der Waals surface area contributed by atoms with E-state index in [0.29, 0.717) is 11.5 Å². The number of rotatable bonds is 2. The van der Waals surface area contributed by atoms with Gasteiger partial charge in [0.25, 0.3) is 0 Å². The van der Waals surface area contributed by atoms with Crippen molar-refractivity contribution < 1.29 is 9.53 Å². The van der Waals surface area contributed by atoms with Gasteiger partial charge in [-0.25, -0.2) is 4.79 Å². The molecule has 2 fully saturated rings. The van der Waals surface area contributed by atoms with Crippen molar-refractivity contribution in [3.63, 3.8) is 0 Å². The SMILES string of the molecule is C=C1C(=C)[C@@H]2C[C@H]1C[C@H]2OC(=O)c1ccccc1. The third-order valence-electron chi connectivity index (χ3n) is 4.12. The van der Waals surface area contributed by atoms with E-state index in [-0.39, 0.29) is 18.0 Å². The predicted molar refractivity (Wildman–Crippen MR) is 70.1 cm³/mol. The zero-order valence-corrected chi connectivity index (χ0v) is 10.3. The molecule has 2 aliphatic carbocycles. The van der Waals surface area contributed by atoms with Crippen molar-refractivity contribution in [3.8, 4) is 0 Å². The smallest absolute Gasteiger partial charge is 0.338 e. The van der Waals surface area contributed by atoms with E-state index in [1.165, 1.54) is 0 Å². The van der Waals surface area contributed by atoms with E-state index >= 15 is 0 Å². The van der Waals surface area contributed by atoms with Gasteiger partial charge in [0.2, 0.25) is 0 Å². The van der Waals surface area contributed by atoms with Gasteiger partial charge in [0, 0.05) is 5.92 Å². The van der Waals surface area contributed by atoms with Gasteiger partial charge < -0.3 is 4.74 Å². The highest BCUT2D eigenvalue weighted by Crippen LogP contribution is 2.51. The van der Waals surface area contributed by atoms with Gasteiger partial charge in [0.15, 0.2) is 0 Å². The summed E-state index contributed by atoms with van der Waals surface area (Å²) in [6.07, 6.45) is 1.94. The van der Waals surface area contributed by atoms with Crippen LogP contribution in [0.1, 0.15) is 23.2 Å². The van der Waals surface area contributed by atoms with Crippen LogP contribution in [0.3, 0.4) is 0 Å². The maximum Gasteiger partial charge on any atom is 0.338 e. The summed E-state index contributed by atoms with van der Waals surface area (Å²) in [6.45, 7) is 8.11. The molecule has 0 unspecified atom stereocenters. The molecule has 18 heavy (non-hydrogen) atoms. The van der Waals surface area contributed by atoms with E-state index in [9.17, 15) is 4.79 Å². The number of hydrogen-bond acceptors (Lipinski definition) is 2. The molecule has 0 spiro atoms. The fourth-order valence-electron chi connectivity index (χ4n) is 3.06. The highest BCUT2D eigenvalue weighted by Gasteiger charge is 2.46. The van der Waals surface area contributed by atoms with Crippen molar-refractivity contribution in [3.05, 3.63) is 60.2 Å². The highest BCUT2D eigenvalue weighted by molar-refractivity contribution is 5.89. The van der Waals surface area contributed by atoms with E-state index in [1.807, 2.05) is 18.2 Å². The first kappa shape index (κ1) is 11.3. The Labute approximate surface area is 107 Å². The minimum atomic E-state index is -0.230. The summed E-state index contributed by atoms with van der Waals surface area (Å²) in [5, 5.41) is 0. The Hall–Kier alpha value is -1.83. The van der Waals surface area contributed by atoms with Crippen LogP contribution >= 0.6 is 0 Å². The molecular weight excluding hydrogens is 224 g/mol. The van der Waals surface area contributed by atoms with Crippen LogP contribution in [0.15, 0.2) is 54.6 Å². The molecule has 2 bridgehead atoms. The number of allylic oxidation sites excluding steroid dienone is 1. The van der Waals surface area contributed by atoms with E-state index in [2.05, 4.69) is 13.2 Å². The molecule has 1 aromatic carbocycles. The van der Waals surface area contributed by atoms with Gasteiger partial charge in [-0.1, -0.05) is 31.4 Å². The number of carbonyl (C=O) groups excluding carboxylic acids is 1. The molecule has 0 saturated heterocycles. The summed E-state index contributed by atoms with van der Waals surface area (Å²) in [4.78, 5) is 12.0. The van der Waals surface area contributed by atoms with Crippen LogP contribution in [0.5, 0.6) is 0 Å². The molecule has 0 heterocycles. The summed E-state index contributed by atoms with van der Waals surface area (Å²) in [7, 11) is 0. The molecular formula is C16H16O2. The molecule has 0 radical (unpaired) electrons. The van der Waals surface area contributed by atoms with Crippen molar-refractivity contribution in [2.24, 2.45) is 11.8 Å². The van der Waals surface area contributed by atoms with E-state index in [1.54, 1.807) is 12.1 Å². The number of esters is 1. The quantitative estimate of drug-likeness (QED) is 0.741. The van der Waals surface area contributed by atoms with Crippen molar-refractivity contribution in [2.45, 2.75) is 18.9 Å². The molecule has 0 aromatic heterocycles. The minimum Gasteiger partial charge on any atom is -0.458 e. The Kier molecular flexibility index (Phi) is 2.58. The topological polar surface area (TPSA) is 26.3 Å². The number of ether oxygens (including phenoxy) is 1. The maximum absolute atomic E-state index is 12.0. The normalized spacial score (nSPS) is 29.7. The summed E-state index contributed by atoms with van der Waals surface area (Å²) in [6, 6.07) is 9.14. The summed E-state index contributed by atoms with van der Waals surface area (Å²) >= 11 is 0. The minimum absolute atomic E-state index is 0.0132. The first-order chi connectivity index (χ1) is 8.66. The third kappa shape index (κ3) is 1.69. The number of hydrogen-bond donors (Lipinski definition) is 0. The van der Waals surface area contributed by atoms with E-state index in [4.69, 9.17) is 4.74 Å². The summed E-state index contributed by atoms with van der Waals surface area (Å²) < 4.78 is 5.61. The van der Waals surface area contributed by atoms with Gasteiger partial charge in [-0.15, -0.1) is 0 Å². The maximum atomic E-state index is 12.0. The molecule has 3 atom stereocenters. The van der Waals surface area contributed by atoms with Crippen LogP contribution in [-0.2, 0) is 4.74 Å². The lowest BCUT2D eigenvalue weighted by atomic mass is 9.90. The fourth-order valence-corrected chi connectivity index (χ4v) is 3.06. The molecule has 2 saturated carbocycles. The number of benzene rings is 1. The summed E-state index contributed by atoms with van der Waals surface area (Å²) in [5.74, 6) is 0.526. The molecule has 2 nitrogen and oxygen atoms in total. The zero-order chi connectivity index (χ0) is 12.7. The van der Waals surface area contributed by atoms with Gasteiger partial charge in [0.1, 0.15) is 6.10 Å². The van der Waals surface area contributed by atoms with Crippen molar-refractivity contribution in [2.75, 3.05) is 0 Å². The average Bonchev–Trinajstić information content (AvgIpc) is 2.91. The van der Waals surface area contributed by atoms with Gasteiger partial charge in [0.05, 0.1) is 5.56 Å². The van der Waals surface area contributed by atoms with Crippen LogP contribution < -0.4 is 0 Å². The second-order valence-corrected chi connectivity index (χ2v) is 5.14. The van der Waals surface area contributed by atoms with Crippen LogP contribution in [0.2, 0.25) is 0 Å². The monoisotopic (exact) mass is 240 g/mol. The molecule has 2 aliphatic rings. The largest absolute Gasteiger partial charge is 0.458 e. The van der Waals surface area contributed by atoms with Crippen LogP contribution in [-0.4, -0.2) is 12.1 Å². The van der Waals surface area contributed by atoms with Crippen molar-refractivity contribution in [1.82, 2.24) is 0 Å². The summed E-state index contributed by atoms with van der Waals surface area (Å²) in [5.41, 5.74) is 2.86. The van der Waals surface area contributed by atoms with E-state index < -0.39 is 0 Å². The second kappa shape index (κ2) is 4.13. The molecule has 0 aliphatic heterocycles. The van der Waals surface area contributed by atoms with Crippen LogP contribution in [0, 0.1) is 11.8 Å². The Bertz CT molecular complexity index is 515. The Morgan fingerprint density at radius 2 is 1.83 bits per heavy atom. The average molecular weight is 240 g/mol. The van der Waals surface area contributed by atoms with Gasteiger partial charge >= 0.3 is 5.97 Å². The highest BCUT2D eigenvalue weighted by atomic mass is 16.5. The lowest BCUT2D eigenvalue weighted by molar-refractivity contribution is 0.0229. The standard InChI is InChI=1S/C16H16O2/c1-10-11(2)14-8-13(10)9-15(14)18-16(17)12-6-4-3-5-7-12/h3-7,13-15H,1-2,8-9H2/t13-,14-,15+/m0/s1. The second-order valence-electron chi connectivity index (χ2n) is 5.14. The first-order valence-electron chi connectivity index (χ1n) is 6.31. The fraction of sp³-hybridized carbons (Fsp3) is 0.312. The molecule has 0 N–H and O–H groups in total. The van der Waals surface area contributed by atoms with Gasteiger partial charge in [-0.2, -0.15) is 0 Å². The number of carbonyl (C=O) groups is 1. The lowest BCUT2D eigenvalue weighted by Gasteiger charge is -2.25. The first-order valence-corrected chi connectivity index (χ1v) is 6.31. The Balaban J connectivity index is 1.71. The molecule has 2 heteroatoms. The van der Waals surface area contributed by atoms with Crippen molar-refractivity contribution in [1.29, 1.82) is 0 Å². The lowest BCUT2D eigenvalue weighted by Crippen LogP contribution is -2.25. The number of fused-ring (bicyclic) bond motifs is 2. The van der Waals surface area contributed by atoms with Crippen LogP contribution in [0.4, 0.5) is 0 Å². The Morgan fingerprint density at radius 3 is 2.44 bits per heavy atom. The van der Waals surface area contributed by atoms with Gasteiger partial charge in [-0.3, -0.25) is 0 Å². The van der Waals surface area contributed by atoms with E-state index in [0.717, 1.165) is 24.0 Å². The molecule has 1 aromatic rings. The van der Waals surface area contributed by atoms with Gasteiger partial charge in [-0.05, 0) is 42.0 Å². The molecule has 0 amide bonds. The zero-order valence-electron chi connectivity index (χ0n) is 10.3. The molecule has 3 rings (SSSR count). The Morgan fingerprint density at radius 1 is 1.11 bits per heavy atom. The predicted octanol–water partition coefficient (Wildman–Crippen LogP) is 3.36. The van der Waals surface area contributed by atoms with Crippen LogP contribution in [0.25, 0.3) is 0 Å². The third-order valence-corrected chi connectivity index (χ3v) is 4.12. The van der Waals surface area contributed by atoms with Crippen molar-refractivity contribution >= 4 is 5.97 Å². The molecule has 92 valence electrons.